The van der Waals surface area contributed by atoms with Gasteiger partial charge in [0.05, 0.1) is 17.6 Å². The van der Waals surface area contributed by atoms with Crippen molar-refractivity contribution in [3.63, 3.8) is 0 Å². The van der Waals surface area contributed by atoms with Crippen molar-refractivity contribution in [2.75, 3.05) is 0 Å². The topological polar surface area (TPSA) is 29.9 Å². The molecule has 6 heteroatoms. The monoisotopic (exact) mass is 295 g/mol. The Morgan fingerprint density at radius 3 is 2.52 bits per heavy atom. The van der Waals surface area contributed by atoms with E-state index in [0.29, 0.717) is 12.6 Å². The number of rotatable bonds is 5. The number of halogens is 3. The second-order valence-corrected chi connectivity index (χ2v) is 5.39. The Kier molecular flexibility index (Phi) is 3.71. The third-order valence-electron chi connectivity index (χ3n) is 3.48. The largest absolute Gasteiger partial charge is 0.416 e. The van der Waals surface area contributed by atoms with Gasteiger partial charge in [0, 0.05) is 25.3 Å². The lowest BCUT2D eigenvalue weighted by Gasteiger charge is -2.08. The van der Waals surface area contributed by atoms with Gasteiger partial charge in [-0.05, 0) is 30.5 Å². The zero-order valence-corrected chi connectivity index (χ0v) is 11.4. The van der Waals surface area contributed by atoms with Crippen LogP contribution in [-0.4, -0.2) is 15.6 Å². The Balaban J connectivity index is 1.60. The Labute approximate surface area is 120 Å². The van der Waals surface area contributed by atoms with Crippen LogP contribution in [-0.2, 0) is 19.3 Å². The van der Waals surface area contributed by atoms with Crippen LogP contribution in [0.25, 0.3) is 0 Å². The molecule has 1 saturated carbocycles. The van der Waals surface area contributed by atoms with Crippen molar-refractivity contribution in [2.45, 2.75) is 38.1 Å². The van der Waals surface area contributed by atoms with Crippen molar-refractivity contribution in [3.05, 3.63) is 53.6 Å². The molecule has 3 rings (SSSR count). The summed E-state index contributed by atoms with van der Waals surface area (Å²) in [6, 6.07) is 5.87. The summed E-state index contributed by atoms with van der Waals surface area (Å²) in [7, 11) is 0. The van der Waals surface area contributed by atoms with Crippen molar-refractivity contribution in [2.24, 2.45) is 0 Å². The van der Waals surface area contributed by atoms with E-state index < -0.39 is 11.7 Å². The van der Waals surface area contributed by atoms with Gasteiger partial charge in [-0.15, -0.1) is 0 Å². The summed E-state index contributed by atoms with van der Waals surface area (Å²) in [4.78, 5) is 4.29. The van der Waals surface area contributed by atoms with Crippen LogP contribution in [0, 0.1) is 0 Å². The van der Waals surface area contributed by atoms with E-state index >= 15 is 0 Å². The maximum absolute atomic E-state index is 12.5. The van der Waals surface area contributed by atoms with E-state index in [-0.39, 0.29) is 0 Å². The second kappa shape index (κ2) is 5.52. The second-order valence-electron chi connectivity index (χ2n) is 5.39. The molecule has 1 aliphatic carbocycles. The van der Waals surface area contributed by atoms with Crippen molar-refractivity contribution < 1.29 is 13.2 Å². The molecule has 0 atom stereocenters. The molecule has 112 valence electrons. The van der Waals surface area contributed by atoms with Crippen LogP contribution in [0.2, 0.25) is 0 Å². The molecule has 0 saturated heterocycles. The Morgan fingerprint density at radius 1 is 1.19 bits per heavy atom. The van der Waals surface area contributed by atoms with Gasteiger partial charge in [0.2, 0.25) is 0 Å². The lowest BCUT2D eigenvalue weighted by atomic mass is 10.1. The van der Waals surface area contributed by atoms with Crippen LogP contribution in [0.4, 0.5) is 13.2 Å². The van der Waals surface area contributed by atoms with Gasteiger partial charge >= 0.3 is 6.18 Å². The van der Waals surface area contributed by atoms with E-state index in [1.807, 2.05) is 10.8 Å². The summed E-state index contributed by atoms with van der Waals surface area (Å²) in [6.45, 7) is 1.26. The fourth-order valence-electron chi connectivity index (χ4n) is 2.13. The minimum atomic E-state index is -4.28. The Hall–Kier alpha value is -1.82. The predicted octanol–water partition coefficient (Wildman–Crippen LogP) is 3.20. The highest BCUT2D eigenvalue weighted by Crippen LogP contribution is 2.29. The van der Waals surface area contributed by atoms with Crippen LogP contribution in [0.1, 0.15) is 29.7 Å². The van der Waals surface area contributed by atoms with Crippen LogP contribution in [0.3, 0.4) is 0 Å². The van der Waals surface area contributed by atoms with E-state index in [4.69, 9.17) is 0 Å². The third-order valence-corrected chi connectivity index (χ3v) is 3.48. The van der Waals surface area contributed by atoms with E-state index in [0.717, 1.165) is 29.9 Å². The molecule has 1 aliphatic rings. The first-order valence-electron chi connectivity index (χ1n) is 6.91. The summed E-state index contributed by atoms with van der Waals surface area (Å²) in [5, 5.41) is 3.37. The van der Waals surface area contributed by atoms with Gasteiger partial charge in [0.1, 0.15) is 0 Å². The molecule has 1 heterocycles. The van der Waals surface area contributed by atoms with E-state index in [1.165, 1.54) is 25.0 Å². The van der Waals surface area contributed by atoms with Gasteiger partial charge in [-0.3, -0.25) is 0 Å². The van der Waals surface area contributed by atoms with Crippen LogP contribution >= 0.6 is 0 Å². The highest BCUT2D eigenvalue weighted by molar-refractivity contribution is 5.24. The molecule has 21 heavy (non-hydrogen) atoms. The van der Waals surface area contributed by atoms with Gasteiger partial charge in [0.25, 0.3) is 0 Å². The molecule has 0 aliphatic heterocycles. The number of alkyl halides is 3. The molecule has 1 N–H and O–H groups in total. The molecule has 1 fully saturated rings. The highest BCUT2D eigenvalue weighted by Gasteiger charge is 2.29. The minimum Gasteiger partial charge on any atom is -0.333 e. The first kappa shape index (κ1) is 14.1. The van der Waals surface area contributed by atoms with Crippen molar-refractivity contribution >= 4 is 0 Å². The normalized spacial score (nSPS) is 15.4. The van der Waals surface area contributed by atoms with Gasteiger partial charge in [0.15, 0.2) is 0 Å². The SMILES string of the molecule is FC(F)(F)c1ccc(Cn2cnc(CNC3CC3)c2)cc1. The lowest BCUT2D eigenvalue weighted by molar-refractivity contribution is -0.137. The molecular weight excluding hydrogens is 279 g/mol. The first-order valence-corrected chi connectivity index (χ1v) is 6.91. The molecule has 0 radical (unpaired) electrons. The number of nitrogens with zero attached hydrogens (tertiary/aromatic N) is 2. The first-order chi connectivity index (χ1) is 10.0. The summed E-state index contributed by atoms with van der Waals surface area (Å²) in [5.74, 6) is 0. The van der Waals surface area contributed by atoms with Crippen molar-refractivity contribution in [1.29, 1.82) is 0 Å². The van der Waals surface area contributed by atoms with Gasteiger partial charge in [-0.1, -0.05) is 12.1 Å². The summed E-state index contributed by atoms with van der Waals surface area (Å²) in [6.07, 6.45) is 1.81. The fraction of sp³-hybridized carbons (Fsp3) is 0.400. The average Bonchev–Trinajstić information content (AvgIpc) is 3.16. The van der Waals surface area contributed by atoms with Gasteiger partial charge in [-0.25, -0.2) is 4.98 Å². The number of imidazole rings is 1. The number of benzene rings is 1. The van der Waals surface area contributed by atoms with Crippen LogP contribution in [0.5, 0.6) is 0 Å². The zero-order chi connectivity index (χ0) is 14.9. The maximum atomic E-state index is 12.5. The van der Waals surface area contributed by atoms with Crippen LogP contribution < -0.4 is 5.32 Å². The average molecular weight is 295 g/mol. The number of aromatic nitrogens is 2. The summed E-state index contributed by atoms with van der Waals surface area (Å²) < 4.78 is 39.3. The molecule has 0 unspecified atom stereocenters. The van der Waals surface area contributed by atoms with E-state index in [2.05, 4.69) is 10.3 Å². The predicted molar refractivity (Wildman–Crippen MR) is 72.6 cm³/mol. The molecule has 1 aromatic heterocycles. The standard InChI is InChI=1S/C15H16F3N3/c16-15(17,18)12-3-1-11(2-4-12)8-21-9-14(20-10-21)7-19-13-5-6-13/h1-4,9-10,13,19H,5-8H2. The Bertz CT molecular complexity index is 597. The molecule has 0 bridgehead atoms. The third kappa shape index (κ3) is 3.85. The highest BCUT2D eigenvalue weighted by atomic mass is 19.4. The van der Waals surface area contributed by atoms with Crippen LogP contribution in [0.15, 0.2) is 36.8 Å². The van der Waals surface area contributed by atoms with Crippen molar-refractivity contribution in [1.82, 2.24) is 14.9 Å². The molecular formula is C15H16F3N3. The molecule has 3 nitrogen and oxygen atoms in total. The molecule has 0 amide bonds. The van der Waals surface area contributed by atoms with E-state index in [1.54, 1.807) is 6.33 Å². The summed E-state index contributed by atoms with van der Waals surface area (Å²) >= 11 is 0. The number of hydrogen-bond donors (Lipinski definition) is 1. The van der Waals surface area contributed by atoms with Gasteiger partial charge in [-0.2, -0.15) is 13.2 Å². The quantitative estimate of drug-likeness (QED) is 0.918. The Morgan fingerprint density at radius 2 is 1.90 bits per heavy atom. The summed E-state index contributed by atoms with van der Waals surface area (Å²) in [5.41, 5.74) is 1.15. The van der Waals surface area contributed by atoms with Crippen molar-refractivity contribution in [3.8, 4) is 0 Å². The zero-order valence-electron chi connectivity index (χ0n) is 11.4. The maximum Gasteiger partial charge on any atom is 0.416 e. The van der Waals surface area contributed by atoms with E-state index in [9.17, 15) is 13.2 Å². The molecule has 1 aromatic carbocycles. The molecule has 0 spiro atoms. The lowest BCUT2D eigenvalue weighted by Crippen LogP contribution is -2.15. The number of hydrogen-bond acceptors (Lipinski definition) is 2. The smallest absolute Gasteiger partial charge is 0.333 e. The number of nitrogens with one attached hydrogen (secondary N) is 1. The van der Waals surface area contributed by atoms with Gasteiger partial charge < -0.3 is 9.88 Å². The molecule has 2 aromatic rings. The fourth-order valence-corrected chi connectivity index (χ4v) is 2.13. The minimum absolute atomic E-state index is 0.522.